The lowest BCUT2D eigenvalue weighted by atomic mass is 10.1. The van der Waals surface area contributed by atoms with Gasteiger partial charge in [0.05, 0.1) is 0 Å². The minimum absolute atomic E-state index is 0.0362. The molecule has 0 spiro atoms. The Hall–Kier alpha value is -3.36. The van der Waals surface area contributed by atoms with E-state index in [1.54, 1.807) is 0 Å². The monoisotopic (exact) mass is 534 g/mol. The number of benzene rings is 2. The molecule has 198 valence electrons. The molecule has 0 saturated heterocycles. The molecule has 15 heteroatoms. The summed E-state index contributed by atoms with van der Waals surface area (Å²) in [6, 6.07) is 13.2. The maximum absolute atomic E-state index is 14.5. The van der Waals surface area contributed by atoms with E-state index in [1.165, 1.54) is 71.3 Å². The molecule has 5 nitrogen and oxygen atoms in total. The number of alkyl halides is 10. The zero-order valence-electron chi connectivity index (χ0n) is 17.7. The third kappa shape index (κ3) is 5.88. The second-order valence-electron chi connectivity index (χ2n) is 7.20. The normalized spacial score (nSPS) is 14.6. The number of nitrogens with one attached hydrogen (secondary N) is 2. The highest BCUT2D eigenvalue weighted by Gasteiger charge is 2.80. The topological polar surface area (TPSA) is 67.4 Å². The lowest BCUT2D eigenvalue weighted by Gasteiger charge is -2.35. The van der Waals surface area contributed by atoms with E-state index in [0.29, 0.717) is 0 Å². The quantitative estimate of drug-likeness (QED) is 0.434. The van der Waals surface area contributed by atoms with Crippen molar-refractivity contribution in [1.29, 1.82) is 0 Å². The molecular formula is C21H16F10N2O3. The first kappa shape index (κ1) is 28.9. The molecule has 2 N–H and O–H groups in total. The predicted octanol–water partition coefficient (Wildman–Crippen LogP) is 4.73. The molecule has 0 aliphatic heterocycles. The van der Waals surface area contributed by atoms with Crippen LogP contribution < -0.4 is 10.6 Å². The van der Waals surface area contributed by atoms with E-state index in [0.717, 1.165) is 0 Å². The number of halogens is 10. The Morgan fingerprint density at radius 3 is 1.42 bits per heavy atom. The van der Waals surface area contributed by atoms with Crippen LogP contribution in [0, 0.1) is 0 Å². The Morgan fingerprint density at radius 2 is 1.03 bits per heavy atom. The highest BCUT2D eigenvalue weighted by atomic mass is 19.4. The number of hydrogen-bond donors (Lipinski definition) is 2. The third-order valence-electron chi connectivity index (χ3n) is 4.56. The average molecular weight is 534 g/mol. The van der Waals surface area contributed by atoms with Gasteiger partial charge in [0.1, 0.15) is 0 Å². The molecule has 0 radical (unpaired) electrons. The first-order chi connectivity index (χ1) is 16.5. The third-order valence-corrected chi connectivity index (χ3v) is 4.56. The second kappa shape index (κ2) is 10.3. The van der Waals surface area contributed by atoms with E-state index >= 15 is 0 Å². The summed E-state index contributed by atoms with van der Waals surface area (Å²) in [5, 5.41) is 2.43. The zero-order valence-corrected chi connectivity index (χ0v) is 17.7. The molecule has 0 heterocycles. The van der Waals surface area contributed by atoms with Crippen molar-refractivity contribution < 1.29 is 58.2 Å². The van der Waals surface area contributed by atoms with Gasteiger partial charge in [0, 0.05) is 13.1 Å². The average Bonchev–Trinajstić information content (AvgIpc) is 2.80. The molecule has 1 unspecified atom stereocenters. The Kier molecular flexibility index (Phi) is 8.28. The fourth-order valence-corrected chi connectivity index (χ4v) is 2.58. The summed E-state index contributed by atoms with van der Waals surface area (Å²) in [5.41, 5.74) is 0.108. The van der Waals surface area contributed by atoms with Gasteiger partial charge in [-0.3, -0.25) is 14.3 Å². The molecular weight excluding hydrogens is 518 g/mol. The van der Waals surface area contributed by atoms with Gasteiger partial charge >= 0.3 is 30.0 Å². The van der Waals surface area contributed by atoms with Gasteiger partial charge in [0.15, 0.2) is 0 Å². The standard InChI is InChI=1S/C21H16F10N2O3/c22-17(23,15(34)32-11-13-7-3-1-4-8-13)19(25,26)21(30,31)36-18(24,20(27,28)29)16(35)33-12-14-9-5-2-6-10-14/h1-10H,11-12H2,(H,32,34)(H,33,35). The van der Waals surface area contributed by atoms with Crippen LogP contribution in [0.2, 0.25) is 0 Å². The largest absolute Gasteiger partial charge is 0.458 e. The minimum Gasteiger partial charge on any atom is -0.347 e. The maximum Gasteiger partial charge on any atom is 0.458 e. The number of carbonyl (C=O) groups excluding carboxylic acids is 2. The van der Waals surface area contributed by atoms with Gasteiger partial charge in [-0.15, -0.1) is 0 Å². The zero-order chi connectivity index (χ0) is 27.4. The fraction of sp³-hybridized carbons (Fsp3) is 0.333. The Morgan fingerprint density at radius 1 is 0.639 bits per heavy atom. The summed E-state index contributed by atoms with van der Waals surface area (Å²) in [6.07, 6.45) is -13.7. The SMILES string of the molecule is O=C(NCc1ccccc1)C(F)(F)C(F)(F)C(F)(F)OC(F)(C(=O)NCc1ccccc1)C(F)(F)F. The molecule has 0 fully saturated rings. The molecule has 0 aromatic heterocycles. The van der Waals surface area contributed by atoms with Gasteiger partial charge in [-0.05, 0) is 11.1 Å². The highest BCUT2D eigenvalue weighted by Crippen LogP contribution is 2.50. The van der Waals surface area contributed by atoms with E-state index in [4.69, 9.17) is 0 Å². The van der Waals surface area contributed by atoms with E-state index in [1.807, 2.05) is 0 Å². The number of rotatable bonds is 10. The van der Waals surface area contributed by atoms with Crippen LogP contribution in [-0.4, -0.2) is 41.8 Å². The second-order valence-corrected chi connectivity index (χ2v) is 7.20. The lowest BCUT2D eigenvalue weighted by Crippen LogP contribution is -2.66. The van der Waals surface area contributed by atoms with Gasteiger partial charge in [-0.2, -0.15) is 43.9 Å². The van der Waals surface area contributed by atoms with E-state index in [2.05, 4.69) is 4.74 Å². The summed E-state index contributed by atoms with van der Waals surface area (Å²) in [7, 11) is 0. The Labute approximate surface area is 196 Å². The van der Waals surface area contributed by atoms with Crippen molar-refractivity contribution >= 4 is 11.8 Å². The Bertz CT molecular complexity index is 1050. The van der Waals surface area contributed by atoms with Crippen molar-refractivity contribution in [3.63, 3.8) is 0 Å². The molecule has 0 aliphatic rings. The van der Waals surface area contributed by atoms with Crippen LogP contribution in [0.4, 0.5) is 43.9 Å². The van der Waals surface area contributed by atoms with Gasteiger partial charge in [-0.25, -0.2) is 0 Å². The summed E-state index contributed by atoms with van der Waals surface area (Å²) in [5.74, 6) is -25.7. The molecule has 0 aliphatic carbocycles. The number of carbonyl (C=O) groups is 2. The Balaban J connectivity index is 2.26. The van der Waals surface area contributed by atoms with Gasteiger partial charge in [0.2, 0.25) is 0 Å². The van der Waals surface area contributed by atoms with Crippen LogP contribution in [0.5, 0.6) is 0 Å². The number of hydrogen-bond acceptors (Lipinski definition) is 3. The molecule has 2 aromatic carbocycles. The van der Waals surface area contributed by atoms with Crippen molar-refractivity contribution in [2.75, 3.05) is 0 Å². The molecule has 0 bridgehead atoms. The summed E-state index contributed by atoms with van der Waals surface area (Å²) in [4.78, 5) is 23.3. The van der Waals surface area contributed by atoms with Crippen molar-refractivity contribution in [2.45, 2.75) is 43.1 Å². The van der Waals surface area contributed by atoms with Gasteiger partial charge in [0.25, 0.3) is 11.8 Å². The van der Waals surface area contributed by atoms with E-state index in [-0.39, 0.29) is 11.1 Å². The van der Waals surface area contributed by atoms with Crippen molar-refractivity contribution in [3.05, 3.63) is 71.8 Å². The highest BCUT2D eigenvalue weighted by molar-refractivity contribution is 5.85. The number of ether oxygens (including phenoxy) is 1. The minimum atomic E-state index is -7.04. The molecule has 1 atom stereocenters. The first-order valence-corrected chi connectivity index (χ1v) is 9.69. The van der Waals surface area contributed by atoms with Crippen molar-refractivity contribution in [2.24, 2.45) is 0 Å². The smallest absolute Gasteiger partial charge is 0.347 e. The van der Waals surface area contributed by atoms with Crippen LogP contribution in [0.1, 0.15) is 11.1 Å². The fourth-order valence-electron chi connectivity index (χ4n) is 2.58. The first-order valence-electron chi connectivity index (χ1n) is 9.69. The van der Waals surface area contributed by atoms with Crippen LogP contribution in [0.3, 0.4) is 0 Å². The van der Waals surface area contributed by atoms with Crippen molar-refractivity contribution in [1.82, 2.24) is 10.6 Å². The molecule has 36 heavy (non-hydrogen) atoms. The molecule has 2 aromatic rings. The van der Waals surface area contributed by atoms with Gasteiger partial charge in [-0.1, -0.05) is 60.7 Å². The van der Waals surface area contributed by atoms with E-state index in [9.17, 15) is 53.5 Å². The number of amides is 2. The predicted molar refractivity (Wildman–Crippen MR) is 102 cm³/mol. The summed E-state index contributed by atoms with van der Waals surface area (Å²) < 4.78 is 141. The summed E-state index contributed by atoms with van der Waals surface area (Å²) in [6.45, 7) is -1.75. The van der Waals surface area contributed by atoms with E-state index < -0.39 is 54.9 Å². The van der Waals surface area contributed by atoms with Crippen molar-refractivity contribution in [3.8, 4) is 0 Å². The molecule has 2 rings (SSSR count). The van der Waals surface area contributed by atoms with Crippen LogP contribution >= 0.6 is 0 Å². The maximum atomic E-state index is 14.5. The summed E-state index contributed by atoms with van der Waals surface area (Å²) >= 11 is 0. The molecule has 0 saturated carbocycles. The lowest BCUT2D eigenvalue weighted by molar-refractivity contribution is -0.455. The van der Waals surface area contributed by atoms with Crippen LogP contribution in [0.15, 0.2) is 60.7 Å². The van der Waals surface area contributed by atoms with Crippen LogP contribution in [-0.2, 0) is 27.4 Å². The van der Waals surface area contributed by atoms with Crippen LogP contribution in [0.25, 0.3) is 0 Å². The van der Waals surface area contributed by atoms with Gasteiger partial charge < -0.3 is 10.6 Å². The molecule has 2 amide bonds.